The van der Waals surface area contributed by atoms with Crippen LogP contribution in [0.3, 0.4) is 0 Å². The van der Waals surface area contributed by atoms with Gasteiger partial charge in [-0.25, -0.2) is 4.79 Å². The number of nitrogens with two attached hydrogens (primary N) is 2. The first-order chi connectivity index (χ1) is 15.4. The number of amides is 2. The van der Waals surface area contributed by atoms with Crippen LogP contribution in [-0.4, -0.2) is 47.6 Å². The fraction of sp³-hybridized carbons (Fsp3) is 0.375. The molecule has 0 aliphatic heterocycles. The minimum atomic E-state index is -1.14. The second-order valence-electron chi connectivity index (χ2n) is 7.73. The normalized spacial score (nSPS) is 13.6. The van der Waals surface area contributed by atoms with Crippen molar-refractivity contribution in [2.45, 2.75) is 50.2 Å². The number of hydrogen-bond acceptors (Lipinski definition) is 5. The SMILES string of the molecule is NCCCC[C@@H](NC(=O)[C@H](N)Cc1ccccc1)C(=O)N[C@@H](Cc1ccccc1)C(=O)O. The topological polar surface area (TPSA) is 148 Å². The Bertz CT molecular complexity index is 861. The predicted octanol–water partition coefficient (Wildman–Crippen LogP) is 0.982. The molecule has 0 saturated carbocycles. The average molecular weight is 441 g/mol. The first-order valence-electron chi connectivity index (χ1n) is 10.8. The third-order valence-corrected chi connectivity index (χ3v) is 5.11. The summed E-state index contributed by atoms with van der Waals surface area (Å²) in [5, 5.41) is 14.8. The summed E-state index contributed by atoms with van der Waals surface area (Å²) < 4.78 is 0. The van der Waals surface area contributed by atoms with Gasteiger partial charge in [-0.15, -0.1) is 0 Å². The van der Waals surface area contributed by atoms with Crippen molar-refractivity contribution in [1.29, 1.82) is 0 Å². The molecular weight excluding hydrogens is 408 g/mol. The zero-order valence-electron chi connectivity index (χ0n) is 18.1. The zero-order valence-corrected chi connectivity index (χ0v) is 18.1. The molecule has 32 heavy (non-hydrogen) atoms. The van der Waals surface area contributed by atoms with Gasteiger partial charge in [0.25, 0.3) is 0 Å². The Balaban J connectivity index is 2.03. The van der Waals surface area contributed by atoms with E-state index in [-0.39, 0.29) is 6.42 Å². The van der Waals surface area contributed by atoms with Gasteiger partial charge in [0.15, 0.2) is 0 Å². The van der Waals surface area contributed by atoms with Crippen LogP contribution in [0, 0.1) is 0 Å². The van der Waals surface area contributed by atoms with Crippen molar-refractivity contribution in [2.24, 2.45) is 11.5 Å². The summed E-state index contributed by atoms with van der Waals surface area (Å²) in [6.45, 7) is 0.460. The van der Waals surface area contributed by atoms with E-state index in [1.54, 1.807) is 24.3 Å². The molecule has 0 aliphatic rings. The van der Waals surface area contributed by atoms with E-state index in [1.165, 1.54) is 0 Å². The van der Waals surface area contributed by atoms with Crippen molar-refractivity contribution < 1.29 is 19.5 Å². The van der Waals surface area contributed by atoms with Gasteiger partial charge in [0.05, 0.1) is 6.04 Å². The first kappa shape index (κ1) is 25.0. The van der Waals surface area contributed by atoms with E-state index in [2.05, 4.69) is 10.6 Å². The number of unbranched alkanes of at least 4 members (excludes halogenated alkanes) is 1. The first-order valence-corrected chi connectivity index (χ1v) is 10.8. The maximum Gasteiger partial charge on any atom is 0.326 e. The molecule has 0 fully saturated rings. The van der Waals surface area contributed by atoms with Crippen LogP contribution in [0.25, 0.3) is 0 Å². The highest BCUT2D eigenvalue weighted by Gasteiger charge is 2.28. The van der Waals surface area contributed by atoms with Gasteiger partial charge in [-0.1, -0.05) is 60.7 Å². The Kier molecular flexibility index (Phi) is 10.4. The molecule has 2 amide bonds. The molecule has 2 aromatic carbocycles. The molecule has 0 unspecified atom stereocenters. The third kappa shape index (κ3) is 8.49. The van der Waals surface area contributed by atoms with Crippen molar-refractivity contribution in [3.8, 4) is 0 Å². The number of nitrogens with one attached hydrogen (secondary N) is 2. The van der Waals surface area contributed by atoms with Crippen LogP contribution in [0.1, 0.15) is 30.4 Å². The lowest BCUT2D eigenvalue weighted by Crippen LogP contribution is -2.55. The van der Waals surface area contributed by atoms with Crippen molar-refractivity contribution >= 4 is 17.8 Å². The number of carboxylic acids is 1. The summed E-state index contributed by atoms with van der Waals surface area (Å²) in [4.78, 5) is 37.3. The summed E-state index contributed by atoms with van der Waals surface area (Å²) >= 11 is 0. The van der Waals surface area contributed by atoms with Crippen molar-refractivity contribution in [3.05, 3.63) is 71.8 Å². The van der Waals surface area contributed by atoms with Crippen molar-refractivity contribution in [3.63, 3.8) is 0 Å². The molecule has 2 aromatic rings. The predicted molar refractivity (Wildman–Crippen MR) is 123 cm³/mol. The molecule has 8 heteroatoms. The standard InChI is InChI=1S/C24H32N4O4/c25-14-8-7-13-20(27-22(29)19(26)15-17-9-3-1-4-10-17)23(30)28-21(24(31)32)16-18-11-5-2-6-12-18/h1-6,9-12,19-21H,7-8,13-16,25-26H2,(H,27,29)(H,28,30)(H,31,32)/t19-,20-,21+/m1/s1. The van der Waals surface area contributed by atoms with Crippen LogP contribution in [0.2, 0.25) is 0 Å². The smallest absolute Gasteiger partial charge is 0.326 e. The van der Waals surface area contributed by atoms with E-state index in [0.29, 0.717) is 32.2 Å². The minimum absolute atomic E-state index is 0.138. The van der Waals surface area contributed by atoms with Crippen molar-refractivity contribution in [2.75, 3.05) is 6.54 Å². The molecule has 0 spiro atoms. The summed E-state index contributed by atoms with van der Waals surface area (Å²) in [5.74, 6) is -2.16. The lowest BCUT2D eigenvalue weighted by molar-refractivity contribution is -0.142. The van der Waals surface area contributed by atoms with Crippen molar-refractivity contribution in [1.82, 2.24) is 10.6 Å². The molecular formula is C24H32N4O4. The van der Waals surface area contributed by atoms with Gasteiger partial charge in [-0.3, -0.25) is 9.59 Å². The van der Waals surface area contributed by atoms with E-state index in [1.807, 2.05) is 36.4 Å². The molecule has 0 aromatic heterocycles. The van der Waals surface area contributed by atoms with Gasteiger partial charge in [0.2, 0.25) is 11.8 Å². The van der Waals surface area contributed by atoms with Crippen LogP contribution in [-0.2, 0) is 27.2 Å². The molecule has 0 aliphatic carbocycles. The van der Waals surface area contributed by atoms with Gasteiger partial charge in [-0.2, -0.15) is 0 Å². The van der Waals surface area contributed by atoms with E-state index >= 15 is 0 Å². The molecule has 3 atom stereocenters. The van der Waals surface area contributed by atoms with Crippen LogP contribution in [0.4, 0.5) is 0 Å². The largest absolute Gasteiger partial charge is 0.480 e. The van der Waals surface area contributed by atoms with Crippen LogP contribution in [0.5, 0.6) is 0 Å². The fourth-order valence-corrected chi connectivity index (χ4v) is 3.32. The molecule has 172 valence electrons. The highest BCUT2D eigenvalue weighted by Crippen LogP contribution is 2.07. The van der Waals surface area contributed by atoms with E-state index in [4.69, 9.17) is 11.5 Å². The Hall–Kier alpha value is -3.23. The molecule has 0 bridgehead atoms. The summed E-state index contributed by atoms with van der Waals surface area (Å²) in [7, 11) is 0. The second-order valence-corrected chi connectivity index (χ2v) is 7.73. The lowest BCUT2D eigenvalue weighted by Gasteiger charge is -2.23. The summed E-state index contributed by atoms with van der Waals surface area (Å²) in [6, 6.07) is 15.5. The van der Waals surface area contributed by atoms with Gasteiger partial charge in [-0.05, 0) is 43.4 Å². The number of carboxylic acid groups (broad SMARTS) is 1. The zero-order chi connectivity index (χ0) is 23.3. The van der Waals surface area contributed by atoms with Gasteiger partial charge in [0.1, 0.15) is 12.1 Å². The Morgan fingerprint density at radius 2 is 1.31 bits per heavy atom. The Morgan fingerprint density at radius 3 is 1.84 bits per heavy atom. The molecule has 0 radical (unpaired) electrons. The maximum absolute atomic E-state index is 12.9. The third-order valence-electron chi connectivity index (χ3n) is 5.11. The number of benzene rings is 2. The van der Waals surface area contributed by atoms with Gasteiger partial charge in [0, 0.05) is 6.42 Å². The number of hydrogen-bond donors (Lipinski definition) is 5. The average Bonchev–Trinajstić information content (AvgIpc) is 2.79. The highest BCUT2D eigenvalue weighted by atomic mass is 16.4. The maximum atomic E-state index is 12.9. The minimum Gasteiger partial charge on any atom is -0.480 e. The second kappa shape index (κ2) is 13.2. The fourth-order valence-electron chi connectivity index (χ4n) is 3.32. The van der Waals surface area contributed by atoms with E-state index < -0.39 is 35.9 Å². The highest BCUT2D eigenvalue weighted by molar-refractivity contribution is 5.91. The molecule has 2 rings (SSSR count). The van der Waals surface area contributed by atoms with E-state index in [9.17, 15) is 19.5 Å². The molecule has 8 nitrogen and oxygen atoms in total. The Morgan fingerprint density at radius 1 is 0.781 bits per heavy atom. The van der Waals surface area contributed by atoms with Gasteiger partial charge >= 0.3 is 5.97 Å². The quantitative estimate of drug-likeness (QED) is 0.293. The van der Waals surface area contributed by atoms with Crippen LogP contribution < -0.4 is 22.1 Å². The Labute approximate surface area is 188 Å². The van der Waals surface area contributed by atoms with Crippen LogP contribution >= 0.6 is 0 Å². The summed E-state index contributed by atoms with van der Waals surface area (Å²) in [5.41, 5.74) is 13.3. The molecule has 0 saturated heterocycles. The van der Waals surface area contributed by atoms with Crippen LogP contribution in [0.15, 0.2) is 60.7 Å². The molecule has 7 N–H and O–H groups in total. The lowest BCUT2D eigenvalue weighted by atomic mass is 10.0. The summed E-state index contributed by atoms with van der Waals surface area (Å²) in [6.07, 6.45) is 2.10. The van der Waals surface area contributed by atoms with E-state index in [0.717, 1.165) is 11.1 Å². The number of rotatable bonds is 13. The number of carbonyl (C=O) groups excluding carboxylic acids is 2. The van der Waals surface area contributed by atoms with Gasteiger partial charge < -0.3 is 27.2 Å². The number of aliphatic carboxylic acids is 1. The molecule has 0 heterocycles. The monoisotopic (exact) mass is 440 g/mol. The number of carbonyl (C=O) groups is 3.